The van der Waals surface area contributed by atoms with Gasteiger partial charge in [0, 0.05) is 17.8 Å². The normalized spacial score (nSPS) is 21.5. The van der Waals surface area contributed by atoms with E-state index in [1.54, 1.807) is 7.11 Å². The summed E-state index contributed by atoms with van der Waals surface area (Å²) in [6.07, 6.45) is 3.95. The highest BCUT2D eigenvalue weighted by atomic mass is 32.2. The van der Waals surface area contributed by atoms with Crippen molar-refractivity contribution in [2.24, 2.45) is 0 Å². The maximum atomic E-state index is 5.55. The number of benzene rings is 1. The van der Waals surface area contributed by atoms with Crippen LogP contribution in [0.5, 0.6) is 11.5 Å². The second kappa shape index (κ2) is 8.54. The van der Waals surface area contributed by atoms with Gasteiger partial charge in [-0.05, 0) is 49.6 Å². The molecule has 0 spiro atoms. The van der Waals surface area contributed by atoms with Crippen LogP contribution in [0.4, 0.5) is 0 Å². The first-order valence-electron chi connectivity index (χ1n) is 7.91. The summed E-state index contributed by atoms with van der Waals surface area (Å²) in [6, 6.07) is 6.86. The van der Waals surface area contributed by atoms with Crippen molar-refractivity contribution >= 4 is 11.8 Å². The Balaban J connectivity index is 1.86. The zero-order valence-electron chi connectivity index (χ0n) is 13.4. The zero-order valence-corrected chi connectivity index (χ0v) is 14.2. The first kappa shape index (κ1) is 16.5. The van der Waals surface area contributed by atoms with Crippen molar-refractivity contribution < 1.29 is 9.47 Å². The summed E-state index contributed by atoms with van der Waals surface area (Å²) in [5.74, 6) is 2.87. The second-order valence-corrected chi connectivity index (χ2v) is 6.96. The van der Waals surface area contributed by atoms with E-state index < -0.39 is 0 Å². The molecule has 1 aromatic rings. The Labute approximate surface area is 132 Å². The molecule has 118 valence electrons. The van der Waals surface area contributed by atoms with Crippen LogP contribution in [0.15, 0.2) is 18.2 Å². The smallest absolute Gasteiger partial charge is 0.161 e. The quantitative estimate of drug-likeness (QED) is 0.790. The minimum Gasteiger partial charge on any atom is -0.493 e. The van der Waals surface area contributed by atoms with Crippen LogP contribution in [0, 0.1) is 0 Å². The summed E-state index contributed by atoms with van der Waals surface area (Å²) in [5.41, 5.74) is 1.25. The van der Waals surface area contributed by atoms with Gasteiger partial charge in [-0.15, -0.1) is 0 Å². The van der Waals surface area contributed by atoms with Gasteiger partial charge in [0.25, 0.3) is 0 Å². The summed E-state index contributed by atoms with van der Waals surface area (Å²) in [5, 5.41) is 4.53. The summed E-state index contributed by atoms with van der Waals surface area (Å²) in [4.78, 5) is 0. The van der Waals surface area contributed by atoms with Crippen LogP contribution in [-0.4, -0.2) is 30.8 Å². The lowest BCUT2D eigenvalue weighted by atomic mass is 10.1. The molecule has 0 amide bonds. The molecule has 4 heteroatoms. The number of hydrogen-bond donors (Lipinski definition) is 1. The van der Waals surface area contributed by atoms with Crippen LogP contribution in [0.1, 0.15) is 38.7 Å². The molecule has 1 aromatic carbocycles. The van der Waals surface area contributed by atoms with E-state index in [9.17, 15) is 0 Å². The number of ether oxygens (including phenoxy) is 2. The van der Waals surface area contributed by atoms with E-state index in [2.05, 4.69) is 36.1 Å². The fourth-order valence-corrected chi connectivity index (χ4v) is 4.01. The van der Waals surface area contributed by atoms with Crippen molar-refractivity contribution in [2.45, 2.75) is 50.9 Å². The third-order valence-electron chi connectivity index (χ3n) is 3.91. The van der Waals surface area contributed by atoms with Crippen molar-refractivity contribution in [3.8, 4) is 11.5 Å². The molecule has 1 aliphatic rings. The van der Waals surface area contributed by atoms with Gasteiger partial charge in [-0.1, -0.05) is 13.0 Å². The monoisotopic (exact) mass is 309 g/mol. The third kappa shape index (κ3) is 4.82. The number of methoxy groups -OCH3 is 1. The molecule has 0 aliphatic heterocycles. The molecule has 1 aliphatic carbocycles. The van der Waals surface area contributed by atoms with E-state index in [0.29, 0.717) is 12.6 Å². The lowest BCUT2D eigenvalue weighted by Gasteiger charge is -2.15. The Kier molecular flexibility index (Phi) is 6.71. The molecule has 1 N–H and O–H groups in total. The largest absolute Gasteiger partial charge is 0.493 e. The first-order chi connectivity index (χ1) is 10.3. The Morgan fingerprint density at radius 1 is 1.24 bits per heavy atom. The number of thioether (sulfide) groups is 1. The molecule has 2 rings (SSSR count). The minimum absolute atomic E-state index is 0.659. The highest BCUT2D eigenvalue weighted by Crippen LogP contribution is 2.31. The van der Waals surface area contributed by atoms with Crippen LogP contribution in [0.3, 0.4) is 0 Å². The van der Waals surface area contributed by atoms with Gasteiger partial charge in [0.05, 0.1) is 13.7 Å². The molecule has 2 unspecified atom stereocenters. The van der Waals surface area contributed by atoms with Gasteiger partial charge in [0.15, 0.2) is 11.5 Å². The summed E-state index contributed by atoms with van der Waals surface area (Å²) < 4.78 is 11.0. The van der Waals surface area contributed by atoms with Crippen LogP contribution >= 0.6 is 11.8 Å². The fourth-order valence-electron chi connectivity index (χ4n) is 2.87. The fraction of sp³-hybridized carbons (Fsp3) is 0.647. The van der Waals surface area contributed by atoms with Crippen molar-refractivity contribution in [1.29, 1.82) is 0 Å². The molecule has 21 heavy (non-hydrogen) atoms. The minimum atomic E-state index is 0.659. The Morgan fingerprint density at radius 3 is 2.81 bits per heavy atom. The van der Waals surface area contributed by atoms with E-state index in [1.807, 2.05) is 13.0 Å². The molecule has 0 saturated heterocycles. The van der Waals surface area contributed by atoms with Gasteiger partial charge in [-0.2, -0.15) is 11.8 Å². The third-order valence-corrected chi connectivity index (χ3v) is 5.14. The number of rotatable bonds is 8. The van der Waals surface area contributed by atoms with E-state index >= 15 is 0 Å². The molecule has 3 nitrogen and oxygen atoms in total. The highest BCUT2D eigenvalue weighted by molar-refractivity contribution is 7.99. The molecule has 0 radical (unpaired) electrons. The molecule has 0 aromatic heterocycles. The lowest BCUT2D eigenvalue weighted by molar-refractivity contribution is 0.310. The van der Waals surface area contributed by atoms with Crippen molar-refractivity contribution in [1.82, 2.24) is 5.32 Å². The maximum absolute atomic E-state index is 5.55. The standard InChI is InChI=1S/C17H27NO2S/c1-4-20-16-9-6-13(10-17(16)19-3)12-18-14-7-8-15(11-14)21-5-2/h6,9-10,14-15,18H,4-5,7-8,11-12H2,1-3H3. The Hall–Kier alpha value is -0.870. The summed E-state index contributed by atoms with van der Waals surface area (Å²) in [7, 11) is 1.69. The van der Waals surface area contributed by atoms with Gasteiger partial charge in [0.2, 0.25) is 0 Å². The second-order valence-electron chi connectivity index (χ2n) is 5.39. The lowest BCUT2D eigenvalue weighted by Crippen LogP contribution is -2.26. The average molecular weight is 309 g/mol. The summed E-state index contributed by atoms with van der Waals surface area (Å²) >= 11 is 2.10. The van der Waals surface area contributed by atoms with Gasteiger partial charge in [0.1, 0.15) is 0 Å². The Morgan fingerprint density at radius 2 is 2.10 bits per heavy atom. The van der Waals surface area contributed by atoms with Crippen molar-refractivity contribution in [3.05, 3.63) is 23.8 Å². The SMILES string of the molecule is CCOc1ccc(CNC2CCC(SCC)C2)cc1OC. The zero-order chi connectivity index (χ0) is 15.1. The van der Waals surface area contributed by atoms with E-state index in [-0.39, 0.29) is 0 Å². The predicted molar refractivity (Wildman–Crippen MR) is 90.6 cm³/mol. The first-order valence-corrected chi connectivity index (χ1v) is 8.96. The van der Waals surface area contributed by atoms with E-state index in [0.717, 1.165) is 23.3 Å². The maximum Gasteiger partial charge on any atom is 0.161 e. The van der Waals surface area contributed by atoms with E-state index in [4.69, 9.17) is 9.47 Å². The molecule has 0 bridgehead atoms. The van der Waals surface area contributed by atoms with Gasteiger partial charge < -0.3 is 14.8 Å². The molecular formula is C17H27NO2S. The van der Waals surface area contributed by atoms with Crippen LogP contribution in [-0.2, 0) is 6.54 Å². The average Bonchev–Trinajstić information content (AvgIpc) is 2.94. The van der Waals surface area contributed by atoms with Crippen LogP contribution in [0.2, 0.25) is 0 Å². The van der Waals surface area contributed by atoms with Crippen molar-refractivity contribution in [2.75, 3.05) is 19.5 Å². The molecule has 1 saturated carbocycles. The molecule has 0 heterocycles. The van der Waals surface area contributed by atoms with Crippen LogP contribution < -0.4 is 14.8 Å². The number of nitrogens with one attached hydrogen (secondary N) is 1. The predicted octanol–water partition coefficient (Wildman–Crippen LogP) is 3.86. The Bertz CT molecular complexity index is 439. The molecule has 2 atom stereocenters. The topological polar surface area (TPSA) is 30.5 Å². The van der Waals surface area contributed by atoms with Gasteiger partial charge in [-0.3, -0.25) is 0 Å². The van der Waals surface area contributed by atoms with Gasteiger partial charge in [-0.25, -0.2) is 0 Å². The molecule has 1 fully saturated rings. The summed E-state index contributed by atoms with van der Waals surface area (Å²) in [6.45, 7) is 5.79. The van der Waals surface area contributed by atoms with Crippen molar-refractivity contribution in [3.63, 3.8) is 0 Å². The molecular weight excluding hydrogens is 282 g/mol. The van der Waals surface area contributed by atoms with Crippen LogP contribution in [0.25, 0.3) is 0 Å². The highest BCUT2D eigenvalue weighted by Gasteiger charge is 2.23. The van der Waals surface area contributed by atoms with E-state index in [1.165, 1.54) is 30.6 Å². The van der Waals surface area contributed by atoms with Gasteiger partial charge >= 0.3 is 0 Å². The number of hydrogen-bond acceptors (Lipinski definition) is 4.